The third-order valence-electron chi connectivity index (χ3n) is 4.06. The second-order valence-corrected chi connectivity index (χ2v) is 6.18. The van der Waals surface area contributed by atoms with Crippen molar-refractivity contribution < 1.29 is 4.79 Å². The highest BCUT2D eigenvalue weighted by Gasteiger charge is 2.22. The molecular weight excluding hydrogens is 222 g/mol. The van der Waals surface area contributed by atoms with E-state index >= 15 is 0 Å². The van der Waals surface area contributed by atoms with Crippen LogP contribution in [0, 0.1) is 17.8 Å². The maximum absolute atomic E-state index is 12.0. The molecule has 2 nitrogen and oxygen atoms in total. The summed E-state index contributed by atoms with van der Waals surface area (Å²) in [6, 6.07) is 0. The van der Waals surface area contributed by atoms with Gasteiger partial charge in [-0.1, -0.05) is 51.7 Å². The summed E-state index contributed by atoms with van der Waals surface area (Å²) in [4.78, 5) is 13.7. The predicted molar refractivity (Wildman–Crippen MR) is 77.4 cm³/mol. The fourth-order valence-corrected chi connectivity index (χ4v) is 2.77. The van der Waals surface area contributed by atoms with Crippen LogP contribution >= 0.6 is 0 Å². The molecule has 1 unspecified atom stereocenters. The van der Waals surface area contributed by atoms with E-state index in [9.17, 15) is 4.79 Å². The highest BCUT2D eigenvalue weighted by molar-refractivity contribution is 5.78. The first kappa shape index (κ1) is 15.3. The van der Waals surface area contributed by atoms with Gasteiger partial charge in [-0.3, -0.25) is 4.79 Å². The van der Waals surface area contributed by atoms with Gasteiger partial charge in [-0.05, 0) is 24.7 Å². The molecule has 18 heavy (non-hydrogen) atoms. The Morgan fingerprint density at radius 3 is 2.33 bits per heavy atom. The predicted octanol–water partition coefficient (Wildman–Crippen LogP) is 3.87. The number of carbonyl (C=O) groups is 1. The van der Waals surface area contributed by atoms with Crippen LogP contribution in [0.1, 0.15) is 52.4 Å². The number of rotatable bonds is 6. The fourth-order valence-electron chi connectivity index (χ4n) is 2.77. The number of nitrogens with zero attached hydrogens (tertiary/aromatic N) is 1. The van der Waals surface area contributed by atoms with Gasteiger partial charge in [-0.15, -0.1) is 0 Å². The van der Waals surface area contributed by atoms with Gasteiger partial charge in [0.05, 0.1) is 0 Å². The molecule has 0 aromatic carbocycles. The van der Waals surface area contributed by atoms with Crippen LogP contribution in [0.4, 0.5) is 0 Å². The summed E-state index contributed by atoms with van der Waals surface area (Å²) in [6.45, 7) is 4.27. The van der Waals surface area contributed by atoms with Crippen LogP contribution in [0.5, 0.6) is 0 Å². The Kier molecular flexibility index (Phi) is 6.45. The number of hydrogen-bond donors (Lipinski definition) is 0. The molecule has 1 aliphatic carbocycles. The Morgan fingerprint density at radius 1 is 1.22 bits per heavy atom. The van der Waals surface area contributed by atoms with Crippen molar-refractivity contribution >= 4 is 5.91 Å². The third kappa shape index (κ3) is 4.83. The van der Waals surface area contributed by atoms with E-state index in [0.717, 1.165) is 12.3 Å². The van der Waals surface area contributed by atoms with Gasteiger partial charge in [0.15, 0.2) is 0 Å². The highest BCUT2D eigenvalue weighted by Crippen LogP contribution is 2.28. The van der Waals surface area contributed by atoms with Crippen LogP contribution in [-0.4, -0.2) is 24.9 Å². The molecule has 0 N–H and O–H groups in total. The van der Waals surface area contributed by atoms with Crippen LogP contribution in [0.15, 0.2) is 12.2 Å². The molecule has 2 heteroatoms. The van der Waals surface area contributed by atoms with E-state index < -0.39 is 0 Å². The van der Waals surface area contributed by atoms with Crippen LogP contribution in [0.2, 0.25) is 0 Å². The summed E-state index contributed by atoms with van der Waals surface area (Å²) >= 11 is 0. The first-order valence-electron chi connectivity index (χ1n) is 7.38. The van der Waals surface area contributed by atoms with E-state index in [1.807, 2.05) is 14.1 Å². The van der Waals surface area contributed by atoms with Crippen molar-refractivity contribution in [1.82, 2.24) is 4.90 Å². The molecule has 0 radical (unpaired) electrons. The average Bonchev–Trinajstić information content (AvgIpc) is 2.80. The van der Waals surface area contributed by atoms with Crippen LogP contribution in [0.3, 0.4) is 0 Å². The first-order valence-corrected chi connectivity index (χ1v) is 7.38. The zero-order chi connectivity index (χ0) is 13.5. The molecule has 0 aliphatic heterocycles. The monoisotopic (exact) mass is 251 g/mol. The van der Waals surface area contributed by atoms with E-state index in [2.05, 4.69) is 26.0 Å². The molecular formula is C16H29NO. The average molecular weight is 251 g/mol. The number of amides is 1. The topological polar surface area (TPSA) is 20.3 Å². The molecule has 1 aliphatic rings. The molecule has 1 fully saturated rings. The van der Waals surface area contributed by atoms with Crippen molar-refractivity contribution in [2.75, 3.05) is 14.1 Å². The molecule has 0 bridgehead atoms. The molecule has 0 aromatic rings. The van der Waals surface area contributed by atoms with Crippen molar-refractivity contribution in [3.63, 3.8) is 0 Å². The SMILES string of the molecule is CC(C)C(C/C=C/CC1CCCC1)C(=O)N(C)C. The lowest BCUT2D eigenvalue weighted by molar-refractivity contribution is -0.134. The first-order chi connectivity index (χ1) is 8.52. The van der Waals surface area contributed by atoms with Gasteiger partial charge in [-0.2, -0.15) is 0 Å². The number of hydrogen-bond acceptors (Lipinski definition) is 1. The summed E-state index contributed by atoms with van der Waals surface area (Å²) in [5.41, 5.74) is 0. The van der Waals surface area contributed by atoms with Gasteiger partial charge in [0, 0.05) is 20.0 Å². The zero-order valence-electron chi connectivity index (χ0n) is 12.5. The van der Waals surface area contributed by atoms with Crippen molar-refractivity contribution in [3.05, 3.63) is 12.2 Å². The van der Waals surface area contributed by atoms with Gasteiger partial charge in [-0.25, -0.2) is 0 Å². The summed E-state index contributed by atoms with van der Waals surface area (Å²) in [7, 11) is 3.69. The fraction of sp³-hybridized carbons (Fsp3) is 0.812. The summed E-state index contributed by atoms with van der Waals surface area (Å²) in [5.74, 6) is 1.72. The minimum absolute atomic E-state index is 0.139. The van der Waals surface area contributed by atoms with Gasteiger partial charge in [0.2, 0.25) is 5.91 Å². The van der Waals surface area contributed by atoms with Crippen LogP contribution in [0.25, 0.3) is 0 Å². The van der Waals surface area contributed by atoms with Gasteiger partial charge in [0.1, 0.15) is 0 Å². The van der Waals surface area contributed by atoms with Crippen LogP contribution in [-0.2, 0) is 4.79 Å². The normalized spacial score (nSPS) is 18.7. The van der Waals surface area contributed by atoms with Crippen LogP contribution < -0.4 is 0 Å². The zero-order valence-corrected chi connectivity index (χ0v) is 12.5. The molecule has 0 aromatic heterocycles. The molecule has 0 heterocycles. The highest BCUT2D eigenvalue weighted by atomic mass is 16.2. The largest absolute Gasteiger partial charge is 0.349 e. The maximum Gasteiger partial charge on any atom is 0.225 e. The number of allylic oxidation sites excluding steroid dienone is 2. The van der Waals surface area contributed by atoms with Crippen molar-refractivity contribution in [1.29, 1.82) is 0 Å². The quantitative estimate of drug-likeness (QED) is 0.656. The van der Waals surface area contributed by atoms with Crippen molar-refractivity contribution in [2.45, 2.75) is 52.4 Å². The maximum atomic E-state index is 12.0. The Bertz CT molecular complexity index is 275. The Morgan fingerprint density at radius 2 is 1.83 bits per heavy atom. The van der Waals surface area contributed by atoms with E-state index in [1.165, 1.54) is 32.1 Å². The lowest BCUT2D eigenvalue weighted by Crippen LogP contribution is -2.32. The summed E-state index contributed by atoms with van der Waals surface area (Å²) in [6.07, 6.45) is 12.2. The Balaban J connectivity index is 2.36. The lowest BCUT2D eigenvalue weighted by Gasteiger charge is -2.22. The van der Waals surface area contributed by atoms with E-state index in [1.54, 1.807) is 4.90 Å². The molecule has 1 saturated carbocycles. The Hall–Kier alpha value is -0.790. The van der Waals surface area contributed by atoms with Gasteiger partial charge in [0.25, 0.3) is 0 Å². The minimum Gasteiger partial charge on any atom is -0.349 e. The molecule has 1 rings (SSSR count). The third-order valence-corrected chi connectivity index (χ3v) is 4.06. The molecule has 0 spiro atoms. The lowest BCUT2D eigenvalue weighted by atomic mass is 9.90. The second kappa shape index (κ2) is 7.60. The number of carbonyl (C=O) groups excluding carboxylic acids is 1. The van der Waals surface area contributed by atoms with Crippen molar-refractivity contribution in [2.24, 2.45) is 17.8 Å². The summed E-state index contributed by atoms with van der Waals surface area (Å²) < 4.78 is 0. The summed E-state index contributed by atoms with van der Waals surface area (Å²) in [5, 5.41) is 0. The van der Waals surface area contributed by atoms with Crippen molar-refractivity contribution in [3.8, 4) is 0 Å². The van der Waals surface area contributed by atoms with E-state index in [0.29, 0.717) is 5.92 Å². The van der Waals surface area contributed by atoms with Gasteiger partial charge >= 0.3 is 0 Å². The smallest absolute Gasteiger partial charge is 0.225 e. The Labute approximate surface area is 112 Å². The molecule has 104 valence electrons. The van der Waals surface area contributed by atoms with E-state index in [4.69, 9.17) is 0 Å². The second-order valence-electron chi connectivity index (χ2n) is 6.18. The molecule has 1 atom stereocenters. The molecule has 0 saturated heterocycles. The molecule has 1 amide bonds. The minimum atomic E-state index is 0.139. The standard InChI is InChI=1S/C16H29NO/c1-13(2)15(16(18)17(3)4)12-8-7-11-14-9-5-6-10-14/h7-8,13-15H,5-6,9-12H2,1-4H3/b8-7+. The van der Waals surface area contributed by atoms with Gasteiger partial charge < -0.3 is 4.90 Å². The van der Waals surface area contributed by atoms with E-state index in [-0.39, 0.29) is 11.8 Å².